The zero-order valence-corrected chi connectivity index (χ0v) is 15.3. The van der Waals surface area contributed by atoms with Crippen LogP contribution in [0.2, 0.25) is 0 Å². The van der Waals surface area contributed by atoms with E-state index >= 15 is 0 Å². The van der Waals surface area contributed by atoms with Crippen LogP contribution in [0.1, 0.15) is 52.4 Å². The molecule has 0 spiro atoms. The molecule has 0 aromatic rings. The van der Waals surface area contributed by atoms with Crippen molar-refractivity contribution in [2.75, 3.05) is 7.11 Å². The van der Waals surface area contributed by atoms with Crippen molar-refractivity contribution in [1.29, 1.82) is 0 Å². The van der Waals surface area contributed by atoms with Gasteiger partial charge in [-0.15, -0.1) is 0 Å². The van der Waals surface area contributed by atoms with Gasteiger partial charge < -0.3 is 9.47 Å². The summed E-state index contributed by atoms with van der Waals surface area (Å²) in [4.78, 5) is 11.9. The zero-order valence-electron chi connectivity index (χ0n) is 13.2. The summed E-state index contributed by atoms with van der Waals surface area (Å²) in [6.07, 6.45) is 9.61. The fourth-order valence-electron chi connectivity index (χ4n) is 3.13. The van der Waals surface area contributed by atoms with Crippen molar-refractivity contribution >= 4 is 28.6 Å². The van der Waals surface area contributed by atoms with E-state index in [1.807, 2.05) is 0 Å². The predicted molar refractivity (Wildman–Crippen MR) is 92.0 cm³/mol. The van der Waals surface area contributed by atoms with Crippen molar-refractivity contribution in [2.24, 2.45) is 11.8 Å². The first-order valence-corrected chi connectivity index (χ1v) is 8.96. The molecule has 2 rings (SSSR count). The second-order valence-electron chi connectivity index (χ2n) is 6.25. The number of hydrogen-bond acceptors (Lipinski definition) is 3. The molecule has 0 radical (unpaired) electrons. The van der Waals surface area contributed by atoms with E-state index in [1.165, 1.54) is 42.8 Å². The molecule has 1 aliphatic carbocycles. The van der Waals surface area contributed by atoms with Gasteiger partial charge in [-0.2, -0.15) is 0 Å². The molecule has 1 unspecified atom stereocenters. The molecule has 0 bridgehead atoms. The largest absolute Gasteiger partial charge is 0.488 e. The Hall–Kier alpha value is -0.520. The molecule has 1 heterocycles. The fourth-order valence-corrected chi connectivity index (χ4v) is 3.99. The molecule has 4 heteroatoms. The zero-order chi connectivity index (χ0) is 15.4. The first-order chi connectivity index (χ1) is 10.0. The normalized spacial score (nSPS) is 24.4. The van der Waals surface area contributed by atoms with Gasteiger partial charge in [0.1, 0.15) is 11.9 Å². The third-order valence-corrected chi connectivity index (χ3v) is 5.32. The second kappa shape index (κ2) is 7.65. The maximum absolute atomic E-state index is 11.9. The Morgan fingerprint density at radius 2 is 2.00 bits per heavy atom. The summed E-state index contributed by atoms with van der Waals surface area (Å²) in [5, 5.41) is 0. The third-order valence-electron chi connectivity index (χ3n) is 4.26. The smallest absolute Gasteiger partial charge is 0.337 e. The van der Waals surface area contributed by atoms with E-state index in [0.717, 1.165) is 5.76 Å². The van der Waals surface area contributed by atoms with Gasteiger partial charge in [0.05, 0.1) is 12.7 Å². The van der Waals surface area contributed by atoms with Crippen LogP contribution < -0.4 is 0 Å². The molecule has 0 amide bonds. The monoisotopic (exact) mass is 404 g/mol. The highest BCUT2D eigenvalue weighted by Gasteiger charge is 2.33. The summed E-state index contributed by atoms with van der Waals surface area (Å²) in [5.41, 5.74) is 0.712. The topological polar surface area (TPSA) is 35.5 Å². The summed E-state index contributed by atoms with van der Waals surface area (Å²) < 4.78 is 12.2. The number of rotatable bonds is 4. The van der Waals surface area contributed by atoms with Crippen LogP contribution in [0, 0.1) is 11.8 Å². The second-order valence-corrected chi connectivity index (χ2v) is 7.49. The molecular formula is C17H25IO3. The molecule has 1 saturated carbocycles. The Morgan fingerprint density at radius 1 is 1.33 bits per heavy atom. The SMILES string of the molecule is COC(=O)C1=C(C(C)C)OC(/C(I)=C/C2CCCCC2)C1. The Labute approximate surface area is 141 Å². The summed E-state index contributed by atoms with van der Waals surface area (Å²) in [7, 11) is 1.43. The van der Waals surface area contributed by atoms with Crippen LogP contribution in [0.3, 0.4) is 0 Å². The van der Waals surface area contributed by atoms with Gasteiger partial charge in [0.25, 0.3) is 0 Å². The minimum Gasteiger partial charge on any atom is -0.488 e. The number of carbonyl (C=O) groups excluding carboxylic acids is 1. The van der Waals surface area contributed by atoms with Gasteiger partial charge in [0.2, 0.25) is 0 Å². The predicted octanol–water partition coefficient (Wildman–Crippen LogP) is 4.76. The summed E-state index contributed by atoms with van der Waals surface area (Å²) in [6.45, 7) is 4.11. The molecule has 0 N–H and O–H groups in total. The molecule has 1 aliphatic heterocycles. The van der Waals surface area contributed by atoms with Crippen LogP contribution in [0.4, 0.5) is 0 Å². The maximum atomic E-state index is 11.9. The molecule has 118 valence electrons. The standard InChI is InChI=1S/C17H25IO3/c1-11(2)16-13(17(19)20-3)10-15(21-16)14(18)9-12-7-5-4-6-8-12/h9,11-12,15H,4-8,10H2,1-3H3/b14-9-. The minimum absolute atomic E-state index is 0.000901. The highest BCUT2D eigenvalue weighted by molar-refractivity contribution is 14.1. The lowest BCUT2D eigenvalue weighted by Crippen LogP contribution is -2.11. The van der Waals surface area contributed by atoms with Crippen LogP contribution in [0.25, 0.3) is 0 Å². The van der Waals surface area contributed by atoms with Gasteiger partial charge >= 0.3 is 5.97 Å². The number of hydrogen-bond donors (Lipinski definition) is 0. The quantitative estimate of drug-likeness (QED) is 0.501. The van der Waals surface area contributed by atoms with Crippen molar-refractivity contribution in [2.45, 2.75) is 58.5 Å². The lowest BCUT2D eigenvalue weighted by Gasteiger charge is -2.20. The molecular weight excluding hydrogens is 379 g/mol. The summed E-state index contributed by atoms with van der Waals surface area (Å²) in [6, 6.07) is 0. The molecule has 0 aromatic heterocycles. The van der Waals surface area contributed by atoms with Gasteiger partial charge in [0.15, 0.2) is 0 Å². The molecule has 1 fully saturated rings. The first-order valence-electron chi connectivity index (χ1n) is 7.88. The molecule has 3 nitrogen and oxygen atoms in total. The fraction of sp³-hybridized carbons (Fsp3) is 0.706. The van der Waals surface area contributed by atoms with Gasteiger partial charge in [-0.3, -0.25) is 0 Å². The van der Waals surface area contributed by atoms with Gasteiger partial charge in [-0.25, -0.2) is 4.79 Å². The van der Waals surface area contributed by atoms with Gasteiger partial charge in [0, 0.05) is 15.9 Å². The van der Waals surface area contributed by atoms with E-state index in [0.29, 0.717) is 17.9 Å². The van der Waals surface area contributed by atoms with Crippen LogP contribution in [0.5, 0.6) is 0 Å². The van der Waals surface area contributed by atoms with E-state index in [-0.39, 0.29) is 18.0 Å². The van der Waals surface area contributed by atoms with E-state index in [2.05, 4.69) is 42.5 Å². The van der Waals surface area contributed by atoms with E-state index < -0.39 is 0 Å². The van der Waals surface area contributed by atoms with Crippen molar-refractivity contribution in [3.8, 4) is 0 Å². The Bertz CT molecular complexity index is 445. The van der Waals surface area contributed by atoms with Crippen molar-refractivity contribution in [1.82, 2.24) is 0 Å². The number of esters is 1. The molecule has 21 heavy (non-hydrogen) atoms. The minimum atomic E-state index is -0.247. The number of halogens is 1. The lowest BCUT2D eigenvalue weighted by atomic mass is 9.88. The molecule has 0 aromatic carbocycles. The number of allylic oxidation sites excluding steroid dienone is 2. The molecule has 1 atom stereocenters. The first kappa shape index (κ1) is 16.8. The lowest BCUT2D eigenvalue weighted by molar-refractivity contribution is -0.136. The van der Waals surface area contributed by atoms with E-state index in [9.17, 15) is 4.79 Å². The van der Waals surface area contributed by atoms with Gasteiger partial charge in [-0.1, -0.05) is 39.2 Å². The number of ether oxygens (including phenoxy) is 2. The number of carbonyl (C=O) groups is 1. The van der Waals surface area contributed by atoms with E-state index in [4.69, 9.17) is 9.47 Å². The molecule has 0 saturated heterocycles. The highest BCUT2D eigenvalue weighted by Crippen LogP contribution is 2.37. The van der Waals surface area contributed by atoms with Crippen molar-refractivity contribution < 1.29 is 14.3 Å². The van der Waals surface area contributed by atoms with Crippen LogP contribution in [0.15, 0.2) is 21.0 Å². The summed E-state index contributed by atoms with van der Waals surface area (Å²) >= 11 is 2.38. The van der Waals surface area contributed by atoms with Crippen LogP contribution in [-0.2, 0) is 14.3 Å². The van der Waals surface area contributed by atoms with Gasteiger partial charge in [-0.05, 0) is 41.4 Å². The Morgan fingerprint density at radius 3 is 2.57 bits per heavy atom. The average Bonchev–Trinajstić information content (AvgIpc) is 2.93. The summed E-state index contributed by atoms with van der Waals surface area (Å²) in [5.74, 6) is 1.45. The Balaban J connectivity index is 2.06. The average molecular weight is 404 g/mol. The Kier molecular flexibility index (Phi) is 6.14. The highest BCUT2D eigenvalue weighted by atomic mass is 127. The van der Waals surface area contributed by atoms with Crippen LogP contribution in [-0.4, -0.2) is 19.2 Å². The van der Waals surface area contributed by atoms with Crippen molar-refractivity contribution in [3.05, 3.63) is 21.0 Å². The van der Waals surface area contributed by atoms with Crippen molar-refractivity contribution in [3.63, 3.8) is 0 Å². The maximum Gasteiger partial charge on any atom is 0.337 e. The van der Waals surface area contributed by atoms with E-state index in [1.54, 1.807) is 0 Å². The molecule has 2 aliphatic rings. The number of methoxy groups -OCH3 is 1. The van der Waals surface area contributed by atoms with Crippen LogP contribution >= 0.6 is 22.6 Å². The third kappa shape index (κ3) is 4.24.